The highest BCUT2D eigenvalue weighted by molar-refractivity contribution is 9.10. The van der Waals surface area contributed by atoms with Crippen LogP contribution < -0.4 is 4.90 Å². The van der Waals surface area contributed by atoms with E-state index in [0.29, 0.717) is 22.3 Å². The minimum atomic E-state index is -1.01. The van der Waals surface area contributed by atoms with Gasteiger partial charge in [0.25, 0.3) is 0 Å². The molecule has 0 saturated carbocycles. The molecule has 2 aromatic rings. The van der Waals surface area contributed by atoms with Crippen LogP contribution in [0.4, 0.5) is 10.1 Å². The van der Waals surface area contributed by atoms with Crippen LogP contribution in [-0.4, -0.2) is 18.1 Å². The van der Waals surface area contributed by atoms with Crippen LogP contribution in [-0.2, 0) is 6.54 Å². The molecule has 0 bridgehead atoms. The third-order valence-electron chi connectivity index (χ3n) is 2.97. The summed E-state index contributed by atoms with van der Waals surface area (Å²) in [6.45, 7) is 0.300. The van der Waals surface area contributed by atoms with Gasteiger partial charge in [0.05, 0.1) is 11.3 Å². The average Bonchev–Trinajstić information content (AvgIpc) is 2.41. The van der Waals surface area contributed by atoms with Gasteiger partial charge in [-0.3, -0.25) is 0 Å². The van der Waals surface area contributed by atoms with Crippen molar-refractivity contribution in [2.45, 2.75) is 6.54 Å². The number of hydrogen-bond acceptors (Lipinski definition) is 2. The SMILES string of the molecule is CN(Cc1ccccc1F)c1ccc(Br)cc1C(=O)O. The van der Waals surface area contributed by atoms with Crippen LogP contribution in [0, 0.1) is 5.82 Å². The predicted octanol–water partition coefficient (Wildman–Crippen LogP) is 3.92. The molecule has 104 valence electrons. The third kappa shape index (κ3) is 3.17. The Hall–Kier alpha value is -1.88. The number of carboxylic acid groups (broad SMARTS) is 1. The van der Waals surface area contributed by atoms with Gasteiger partial charge >= 0.3 is 5.97 Å². The molecule has 0 heterocycles. The Kier molecular flexibility index (Phi) is 4.39. The molecule has 0 radical (unpaired) electrons. The topological polar surface area (TPSA) is 40.5 Å². The minimum absolute atomic E-state index is 0.179. The maximum atomic E-state index is 13.6. The van der Waals surface area contributed by atoms with Gasteiger partial charge in [0.15, 0.2) is 0 Å². The largest absolute Gasteiger partial charge is 0.478 e. The molecule has 0 aromatic heterocycles. The molecule has 1 N–H and O–H groups in total. The van der Waals surface area contributed by atoms with Crippen LogP contribution in [0.1, 0.15) is 15.9 Å². The summed E-state index contributed by atoms with van der Waals surface area (Å²) < 4.78 is 14.3. The normalized spacial score (nSPS) is 10.3. The van der Waals surface area contributed by atoms with Crippen LogP contribution in [0.15, 0.2) is 46.9 Å². The highest BCUT2D eigenvalue weighted by atomic mass is 79.9. The highest BCUT2D eigenvalue weighted by Gasteiger charge is 2.15. The van der Waals surface area contributed by atoms with Gasteiger partial charge in [-0.2, -0.15) is 0 Å². The fourth-order valence-corrected chi connectivity index (χ4v) is 2.34. The summed E-state index contributed by atoms with van der Waals surface area (Å²) in [5.74, 6) is -1.31. The second-order valence-electron chi connectivity index (χ2n) is 4.41. The summed E-state index contributed by atoms with van der Waals surface area (Å²) in [5.41, 5.74) is 1.25. The molecule has 2 aromatic carbocycles. The van der Waals surface area contributed by atoms with Crippen molar-refractivity contribution in [1.82, 2.24) is 0 Å². The Morgan fingerprint density at radius 2 is 2.00 bits per heavy atom. The van der Waals surface area contributed by atoms with Gasteiger partial charge in [0.2, 0.25) is 0 Å². The van der Waals surface area contributed by atoms with Crippen molar-refractivity contribution in [3.8, 4) is 0 Å². The van der Waals surface area contributed by atoms with E-state index in [1.54, 1.807) is 42.3 Å². The van der Waals surface area contributed by atoms with Gasteiger partial charge in [-0.15, -0.1) is 0 Å². The van der Waals surface area contributed by atoms with E-state index >= 15 is 0 Å². The Balaban J connectivity index is 2.32. The van der Waals surface area contributed by atoms with E-state index in [4.69, 9.17) is 0 Å². The standard InChI is InChI=1S/C15H13BrFNO2/c1-18(9-10-4-2-3-5-13(10)17)14-7-6-11(16)8-12(14)15(19)20/h2-8H,9H2,1H3,(H,19,20). The Morgan fingerprint density at radius 3 is 2.65 bits per heavy atom. The number of rotatable bonds is 4. The van der Waals surface area contributed by atoms with Crippen molar-refractivity contribution in [3.63, 3.8) is 0 Å². The maximum Gasteiger partial charge on any atom is 0.337 e. The Labute approximate surface area is 124 Å². The zero-order valence-corrected chi connectivity index (χ0v) is 12.4. The van der Waals surface area contributed by atoms with Gasteiger partial charge in [0, 0.05) is 23.6 Å². The first-order valence-corrected chi connectivity index (χ1v) is 6.75. The molecule has 0 fully saturated rings. The van der Waals surface area contributed by atoms with Crippen molar-refractivity contribution in [2.24, 2.45) is 0 Å². The summed E-state index contributed by atoms with van der Waals surface area (Å²) >= 11 is 3.25. The van der Waals surface area contributed by atoms with Gasteiger partial charge < -0.3 is 10.0 Å². The minimum Gasteiger partial charge on any atom is -0.478 e. The quantitative estimate of drug-likeness (QED) is 0.919. The molecule has 0 aliphatic rings. The second-order valence-corrected chi connectivity index (χ2v) is 5.33. The first kappa shape index (κ1) is 14.5. The van der Waals surface area contributed by atoms with Crippen molar-refractivity contribution in [2.75, 3.05) is 11.9 Å². The average molecular weight is 338 g/mol. The van der Waals surface area contributed by atoms with E-state index in [1.165, 1.54) is 12.1 Å². The lowest BCUT2D eigenvalue weighted by Crippen LogP contribution is -2.20. The first-order valence-electron chi connectivity index (χ1n) is 5.96. The molecule has 20 heavy (non-hydrogen) atoms. The zero-order valence-electron chi connectivity index (χ0n) is 10.8. The van der Waals surface area contributed by atoms with Crippen LogP contribution in [0.3, 0.4) is 0 Å². The van der Waals surface area contributed by atoms with Crippen molar-refractivity contribution < 1.29 is 14.3 Å². The fraction of sp³-hybridized carbons (Fsp3) is 0.133. The summed E-state index contributed by atoms with van der Waals surface area (Å²) in [6, 6.07) is 11.5. The van der Waals surface area contributed by atoms with Crippen molar-refractivity contribution in [1.29, 1.82) is 0 Å². The molecular formula is C15H13BrFNO2. The molecule has 3 nitrogen and oxygen atoms in total. The molecule has 0 unspecified atom stereocenters. The summed E-state index contributed by atoms with van der Waals surface area (Å²) in [6.07, 6.45) is 0. The number of hydrogen-bond donors (Lipinski definition) is 1. The maximum absolute atomic E-state index is 13.6. The van der Waals surface area contributed by atoms with Gasteiger partial charge in [-0.1, -0.05) is 34.1 Å². The molecule has 0 atom stereocenters. The zero-order chi connectivity index (χ0) is 14.7. The summed E-state index contributed by atoms with van der Waals surface area (Å²) in [7, 11) is 1.74. The van der Waals surface area contributed by atoms with Crippen molar-refractivity contribution in [3.05, 3.63) is 63.9 Å². The Morgan fingerprint density at radius 1 is 1.30 bits per heavy atom. The van der Waals surface area contributed by atoms with Crippen LogP contribution in [0.5, 0.6) is 0 Å². The molecule has 0 saturated heterocycles. The number of nitrogens with zero attached hydrogens (tertiary/aromatic N) is 1. The predicted molar refractivity (Wildman–Crippen MR) is 79.6 cm³/mol. The lowest BCUT2D eigenvalue weighted by atomic mass is 10.1. The first-order chi connectivity index (χ1) is 9.49. The molecule has 0 spiro atoms. The van der Waals surface area contributed by atoms with Crippen molar-refractivity contribution >= 4 is 27.6 Å². The van der Waals surface area contributed by atoms with E-state index in [2.05, 4.69) is 15.9 Å². The van der Waals surface area contributed by atoms with E-state index in [0.717, 1.165) is 0 Å². The lowest BCUT2D eigenvalue weighted by Gasteiger charge is -2.21. The van der Waals surface area contributed by atoms with Crippen LogP contribution >= 0.6 is 15.9 Å². The number of carboxylic acids is 1. The number of aromatic carboxylic acids is 1. The summed E-state index contributed by atoms with van der Waals surface area (Å²) in [4.78, 5) is 13.0. The van der Waals surface area contributed by atoms with E-state index < -0.39 is 5.97 Å². The molecular weight excluding hydrogens is 325 g/mol. The van der Waals surface area contributed by atoms with Crippen LogP contribution in [0.2, 0.25) is 0 Å². The third-order valence-corrected chi connectivity index (χ3v) is 3.46. The van der Waals surface area contributed by atoms with E-state index in [1.807, 2.05) is 0 Å². The second kappa shape index (κ2) is 6.05. The fourth-order valence-electron chi connectivity index (χ4n) is 1.98. The Bertz CT molecular complexity index is 646. The highest BCUT2D eigenvalue weighted by Crippen LogP contribution is 2.25. The number of halogens is 2. The number of carbonyl (C=O) groups is 1. The molecule has 0 aliphatic heterocycles. The number of anilines is 1. The van der Waals surface area contributed by atoms with E-state index in [-0.39, 0.29) is 11.4 Å². The molecule has 0 amide bonds. The summed E-state index contributed by atoms with van der Waals surface area (Å²) in [5, 5.41) is 9.24. The molecule has 2 rings (SSSR count). The van der Waals surface area contributed by atoms with Crippen LogP contribution in [0.25, 0.3) is 0 Å². The van der Waals surface area contributed by atoms with Gasteiger partial charge in [0.1, 0.15) is 5.82 Å². The number of benzene rings is 2. The van der Waals surface area contributed by atoms with E-state index in [9.17, 15) is 14.3 Å². The monoisotopic (exact) mass is 337 g/mol. The molecule has 5 heteroatoms. The smallest absolute Gasteiger partial charge is 0.337 e. The molecule has 0 aliphatic carbocycles. The van der Waals surface area contributed by atoms with Gasteiger partial charge in [-0.05, 0) is 24.3 Å². The lowest BCUT2D eigenvalue weighted by molar-refractivity contribution is 0.0697. The van der Waals surface area contributed by atoms with Gasteiger partial charge in [-0.25, -0.2) is 9.18 Å².